The van der Waals surface area contributed by atoms with E-state index in [-0.39, 0.29) is 0 Å². The van der Waals surface area contributed by atoms with Crippen molar-refractivity contribution in [3.05, 3.63) is 289 Å². The van der Waals surface area contributed by atoms with E-state index in [1.807, 2.05) is 0 Å². The van der Waals surface area contributed by atoms with Crippen LogP contribution in [-0.2, 0) is 0 Å². The molecule has 2 aromatic heterocycles. The maximum Gasteiger partial charge on any atom is 0.147 e. The molecule has 0 atom stereocenters. The number of hydrogen-bond acceptors (Lipinski definition) is 4. The first-order chi connectivity index (χ1) is 40.3. The number of fused-ring (bicyclic) bond motifs is 9. The average molecular weight is 1050 g/mol. The van der Waals surface area contributed by atoms with E-state index in [0.717, 1.165) is 99.5 Å². The Morgan fingerprint density at radius 3 is 1.00 bits per heavy atom. The minimum atomic E-state index is 0.795. The first-order valence-electron chi connectivity index (χ1n) is 28.2. The van der Waals surface area contributed by atoms with Gasteiger partial charge in [0.1, 0.15) is 22.3 Å². The second-order valence-corrected chi connectivity index (χ2v) is 21.9. The Balaban J connectivity index is 0.856. The lowest BCUT2D eigenvalue weighted by Crippen LogP contribution is -2.13. The molecule has 4 heteroatoms. The van der Waals surface area contributed by atoms with Gasteiger partial charge >= 0.3 is 0 Å². The molecule has 0 aliphatic heterocycles. The lowest BCUT2D eigenvalue weighted by atomic mass is 9.98. The first-order valence-corrected chi connectivity index (χ1v) is 28.2. The molecule has 0 spiro atoms. The molecule has 0 amide bonds. The Labute approximate surface area is 477 Å². The molecule has 15 rings (SSSR count). The van der Waals surface area contributed by atoms with E-state index in [0.29, 0.717) is 0 Å². The van der Waals surface area contributed by atoms with Crippen molar-refractivity contribution in [1.82, 2.24) is 0 Å². The maximum absolute atomic E-state index is 7.06. The number of aryl methyl sites for hydroxylation is 4. The van der Waals surface area contributed by atoms with Gasteiger partial charge in [-0.25, -0.2) is 0 Å². The van der Waals surface area contributed by atoms with Crippen LogP contribution < -0.4 is 9.80 Å². The fraction of sp³-hybridized carbons (Fsp3) is 0.0513. The summed E-state index contributed by atoms with van der Waals surface area (Å²) in [5, 5.41) is 8.58. The molecule has 0 bridgehead atoms. The summed E-state index contributed by atoms with van der Waals surface area (Å²) < 4.78 is 13.9. The predicted octanol–water partition coefficient (Wildman–Crippen LogP) is 22.6. The highest BCUT2D eigenvalue weighted by molar-refractivity contribution is 6.24. The van der Waals surface area contributed by atoms with E-state index < -0.39 is 0 Å². The Hall–Kier alpha value is -10.4. The van der Waals surface area contributed by atoms with Gasteiger partial charge < -0.3 is 18.6 Å². The molecular formula is C78H56N2O2. The number of anilines is 6. The Morgan fingerprint density at radius 1 is 0.244 bits per heavy atom. The van der Waals surface area contributed by atoms with Crippen LogP contribution >= 0.6 is 0 Å². The third-order valence-electron chi connectivity index (χ3n) is 16.7. The van der Waals surface area contributed by atoms with Crippen molar-refractivity contribution in [2.45, 2.75) is 27.7 Å². The predicted molar refractivity (Wildman–Crippen MR) is 346 cm³/mol. The van der Waals surface area contributed by atoms with Crippen LogP contribution in [0.15, 0.2) is 276 Å². The van der Waals surface area contributed by atoms with Gasteiger partial charge in [0.15, 0.2) is 0 Å². The molecule has 390 valence electrons. The lowest BCUT2D eigenvalue weighted by molar-refractivity contribution is 0.663. The quantitative estimate of drug-likeness (QED) is 0.137. The highest BCUT2D eigenvalue weighted by Crippen LogP contribution is 2.47. The number of rotatable bonds is 10. The van der Waals surface area contributed by atoms with Crippen molar-refractivity contribution in [2.24, 2.45) is 0 Å². The summed E-state index contributed by atoms with van der Waals surface area (Å²) >= 11 is 0. The van der Waals surface area contributed by atoms with E-state index >= 15 is 0 Å². The monoisotopic (exact) mass is 1050 g/mol. The summed E-state index contributed by atoms with van der Waals surface area (Å²) in [6.45, 7) is 8.84. The van der Waals surface area contributed by atoms with Crippen LogP contribution in [0.3, 0.4) is 0 Å². The van der Waals surface area contributed by atoms with E-state index in [1.54, 1.807) is 0 Å². The molecule has 13 aromatic carbocycles. The molecule has 0 N–H and O–H groups in total. The zero-order valence-corrected chi connectivity index (χ0v) is 46.1. The van der Waals surface area contributed by atoms with E-state index in [4.69, 9.17) is 8.83 Å². The molecule has 0 radical (unpaired) electrons. The van der Waals surface area contributed by atoms with E-state index in [1.165, 1.54) is 66.8 Å². The molecule has 4 nitrogen and oxygen atoms in total. The van der Waals surface area contributed by atoms with E-state index in [9.17, 15) is 0 Å². The number of benzene rings is 13. The van der Waals surface area contributed by atoms with Crippen molar-refractivity contribution in [3.63, 3.8) is 0 Å². The Bertz CT molecular complexity index is 4780. The van der Waals surface area contributed by atoms with Crippen LogP contribution in [0.1, 0.15) is 22.3 Å². The second kappa shape index (κ2) is 19.7. The molecule has 0 saturated carbocycles. The normalized spacial score (nSPS) is 11.7. The maximum atomic E-state index is 7.06. The molecule has 0 fully saturated rings. The lowest BCUT2D eigenvalue weighted by Gasteiger charge is -2.30. The van der Waals surface area contributed by atoms with Crippen molar-refractivity contribution >= 4 is 99.5 Å². The van der Waals surface area contributed by atoms with Crippen molar-refractivity contribution in [2.75, 3.05) is 9.80 Å². The number of furan rings is 2. The van der Waals surface area contributed by atoms with Crippen LogP contribution in [0.25, 0.3) is 110 Å². The molecule has 0 aliphatic rings. The molecule has 0 aliphatic carbocycles. The van der Waals surface area contributed by atoms with Crippen LogP contribution in [0.2, 0.25) is 0 Å². The third kappa shape index (κ3) is 8.47. The summed E-state index contributed by atoms with van der Waals surface area (Å²) in [6, 6.07) is 96.8. The van der Waals surface area contributed by atoms with Crippen molar-refractivity contribution < 1.29 is 8.83 Å². The average Bonchev–Trinajstić information content (AvgIpc) is 4.11. The van der Waals surface area contributed by atoms with Gasteiger partial charge in [0.2, 0.25) is 0 Å². The van der Waals surface area contributed by atoms with Gasteiger partial charge in [0.25, 0.3) is 0 Å². The van der Waals surface area contributed by atoms with Gasteiger partial charge in [-0.05, 0) is 201 Å². The second-order valence-electron chi connectivity index (χ2n) is 21.9. The van der Waals surface area contributed by atoms with Crippen LogP contribution in [0.4, 0.5) is 34.1 Å². The molecule has 15 aromatic rings. The van der Waals surface area contributed by atoms with Crippen LogP contribution in [0.5, 0.6) is 0 Å². The fourth-order valence-corrected chi connectivity index (χ4v) is 12.3. The first kappa shape index (κ1) is 48.7. The zero-order valence-electron chi connectivity index (χ0n) is 46.1. The highest BCUT2D eigenvalue weighted by Gasteiger charge is 2.24. The van der Waals surface area contributed by atoms with Gasteiger partial charge in [0, 0.05) is 50.3 Å². The fourth-order valence-electron chi connectivity index (χ4n) is 12.3. The summed E-state index contributed by atoms with van der Waals surface area (Å²) in [5.41, 5.74) is 24.0. The van der Waals surface area contributed by atoms with Gasteiger partial charge in [-0.2, -0.15) is 0 Å². The number of hydrogen-bond donors (Lipinski definition) is 0. The SMILES string of the molecule is Cc1ccc(-c2ccccc2)cc1N(c1ccc2cc3c(cc2c1)oc1c3ccc2oc3cc4cc(N(c5cc(-c6ccccc6)ccc5C)c5cc(-c6ccccc6)ccc5C)ccc4cc3c21)c1cc(-c2ccccc2)ccc1C. The zero-order chi connectivity index (χ0) is 55.0. The van der Waals surface area contributed by atoms with Crippen molar-refractivity contribution in [3.8, 4) is 44.5 Å². The largest absolute Gasteiger partial charge is 0.456 e. The summed E-state index contributed by atoms with van der Waals surface area (Å²) in [5.74, 6) is 0. The topological polar surface area (TPSA) is 32.8 Å². The van der Waals surface area contributed by atoms with Gasteiger partial charge in [0.05, 0.1) is 5.39 Å². The molecule has 0 unspecified atom stereocenters. The third-order valence-corrected chi connectivity index (χ3v) is 16.7. The van der Waals surface area contributed by atoms with Gasteiger partial charge in [-0.3, -0.25) is 0 Å². The van der Waals surface area contributed by atoms with Crippen molar-refractivity contribution in [1.29, 1.82) is 0 Å². The molecular weight excluding hydrogens is 997 g/mol. The minimum Gasteiger partial charge on any atom is -0.456 e. The standard InChI is InChI=1S/C78H56N2O2/c1-49-25-29-59(53-17-9-5-10-18-53)43-70(49)79(71-44-60(30-26-50(71)2)54-19-11-6-12-20-54)65-35-33-57-41-68-67-37-38-74-77(78(67)82-75(68)47-63(57)39-65)69-42-58-34-36-66(40-64(58)48-76(69)81-74)80(72-45-61(31-27-51(72)3)55-21-13-7-14-22-55)73-46-62(32-28-52(73)4)56-23-15-8-16-24-56/h5-48H,1-4H3. The van der Waals surface area contributed by atoms with E-state index in [2.05, 4.69) is 304 Å². The Kier molecular flexibility index (Phi) is 11.7. The van der Waals surface area contributed by atoms with Crippen LogP contribution in [-0.4, -0.2) is 0 Å². The molecule has 82 heavy (non-hydrogen) atoms. The summed E-state index contributed by atoms with van der Waals surface area (Å²) in [4.78, 5) is 4.87. The minimum absolute atomic E-state index is 0.795. The molecule has 0 saturated heterocycles. The van der Waals surface area contributed by atoms with Gasteiger partial charge in [-0.1, -0.05) is 182 Å². The number of nitrogens with zero attached hydrogens (tertiary/aromatic N) is 2. The highest BCUT2D eigenvalue weighted by atomic mass is 16.3. The molecule has 2 heterocycles. The van der Waals surface area contributed by atoms with Gasteiger partial charge in [-0.15, -0.1) is 0 Å². The Morgan fingerprint density at radius 2 is 0.610 bits per heavy atom. The van der Waals surface area contributed by atoms with Crippen LogP contribution in [0, 0.1) is 27.7 Å². The summed E-state index contributed by atoms with van der Waals surface area (Å²) in [6.07, 6.45) is 0. The summed E-state index contributed by atoms with van der Waals surface area (Å²) in [7, 11) is 0. The smallest absolute Gasteiger partial charge is 0.147 e.